The van der Waals surface area contributed by atoms with E-state index in [1.54, 1.807) is 0 Å². The van der Waals surface area contributed by atoms with Gasteiger partial charge in [0.1, 0.15) is 0 Å². The Labute approximate surface area is 79.4 Å². The molecule has 0 spiro atoms. The molecule has 0 saturated heterocycles. The Hall–Kier alpha value is -0.835. The monoisotopic (exact) mass is 176 g/mol. The number of nitrogens with one attached hydrogen (secondary N) is 1. The average Bonchev–Trinajstić information content (AvgIpc) is 2.21. The molecule has 1 rings (SSSR count). The van der Waals surface area contributed by atoms with Crippen molar-refractivity contribution in [2.45, 2.75) is 12.1 Å². The smallest absolute Gasteiger partial charge is 0.178 e. The third-order valence-corrected chi connectivity index (χ3v) is 2.03. The molecule has 1 aromatic carbocycles. The summed E-state index contributed by atoms with van der Waals surface area (Å²) in [5.74, 6) is 0. The molecule has 0 bridgehead atoms. The van der Waals surface area contributed by atoms with Gasteiger partial charge in [-0.25, -0.2) is 0 Å². The van der Waals surface area contributed by atoms with E-state index in [1.165, 1.54) is 0 Å². The third kappa shape index (κ3) is 2.55. The topological polar surface area (TPSA) is 58.3 Å². The highest BCUT2D eigenvalue weighted by molar-refractivity contribution is 6.04. The van der Waals surface area contributed by atoms with Crippen molar-refractivity contribution in [3.05, 3.63) is 35.9 Å². The van der Waals surface area contributed by atoms with Crippen LogP contribution in [0.1, 0.15) is 11.6 Å². The third-order valence-electron chi connectivity index (χ3n) is 2.03. The molecule has 0 aliphatic carbocycles. The Morgan fingerprint density at radius 1 is 1.38 bits per heavy atom. The first-order chi connectivity index (χ1) is 6.29. The van der Waals surface area contributed by atoms with Gasteiger partial charge in [0.15, 0.2) is 7.98 Å². The van der Waals surface area contributed by atoms with Gasteiger partial charge in [-0.2, -0.15) is 0 Å². The van der Waals surface area contributed by atoms with Gasteiger partial charge in [-0.05, 0) is 5.56 Å². The largest absolute Gasteiger partial charge is 0.395 e. The van der Waals surface area contributed by atoms with Gasteiger partial charge in [0.25, 0.3) is 0 Å². The van der Waals surface area contributed by atoms with E-state index < -0.39 is 0 Å². The summed E-state index contributed by atoms with van der Waals surface area (Å²) < 4.78 is 0. The van der Waals surface area contributed by atoms with Gasteiger partial charge in [0.05, 0.1) is 6.61 Å². The molecule has 0 aliphatic heterocycles. The van der Waals surface area contributed by atoms with E-state index in [4.69, 9.17) is 18.8 Å². The van der Waals surface area contributed by atoms with Crippen molar-refractivity contribution in [1.82, 2.24) is 5.23 Å². The summed E-state index contributed by atoms with van der Waals surface area (Å²) in [7, 11) is 5.23. The quantitative estimate of drug-likeness (QED) is 0.553. The SMILES string of the molecule is [B]N[C@H](CO)[C@@H](N)c1ccccc1. The van der Waals surface area contributed by atoms with E-state index in [1.807, 2.05) is 30.3 Å². The molecule has 1 aromatic rings. The number of aliphatic hydroxyl groups is 1. The highest BCUT2D eigenvalue weighted by Crippen LogP contribution is 2.12. The maximum Gasteiger partial charge on any atom is 0.178 e. The molecular formula is C9H13BN2O. The van der Waals surface area contributed by atoms with Crippen LogP contribution in [-0.4, -0.2) is 25.7 Å². The van der Waals surface area contributed by atoms with Crippen molar-refractivity contribution >= 4 is 7.98 Å². The Morgan fingerprint density at radius 3 is 2.46 bits per heavy atom. The predicted molar refractivity (Wildman–Crippen MR) is 53.1 cm³/mol. The lowest BCUT2D eigenvalue weighted by molar-refractivity contribution is 0.241. The number of hydrogen-bond acceptors (Lipinski definition) is 3. The number of hydrogen-bond donors (Lipinski definition) is 3. The Morgan fingerprint density at radius 2 is 2.00 bits per heavy atom. The molecule has 2 radical (unpaired) electrons. The molecule has 0 aromatic heterocycles. The van der Waals surface area contributed by atoms with Gasteiger partial charge in [0, 0.05) is 12.1 Å². The molecule has 4 N–H and O–H groups in total. The Kier molecular flexibility index (Phi) is 3.95. The summed E-state index contributed by atoms with van der Waals surface area (Å²) in [6.45, 7) is -0.0768. The van der Waals surface area contributed by atoms with E-state index in [-0.39, 0.29) is 18.7 Å². The van der Waals surface area contributed by atoms with Gasteiger partial charge in [-0.1, -0.05) is 30.3 Å². The highest BCUT2D eigenvalue weighted by atomic mass is 16.3. The molecule has 0 fully saturated rings. The van der Waals surface area contributed by atoms with Crippen LogP contribution in [0.4, 0.5) is 0 Å². The fraction of sp³-hybridized carbons (Fsp3) is 0.333. The van der Waals surface area contributed by atoms with E-state index in [0.717, 1.165) is 5.56 Å². The lowest BCUT2D eigenvalue weighted by Gasteiger charge is -2.21. The summed E-state index contributed by atoms with van der Waals surface area (Å²) in [6, 6.07) is 8.95. The minimum absolute atomic E-state index is 0.0768. The molecule has 4 heteroatoms. The van der Waals surface area contributed by atoms with Crippen LogP contribution in [0.2, 0.25) is 0 Å². The molecule has 0 heterocycles. The molecule has 0 saturated carbocycles. The van der Waals surface area contributed by atoms with Crippen LogP contribution in [0, 0.1) is 0 Å². The summed E-state index contributed by atoms with van der Waals surface area (Å²) in [5, 5.41) is 11.4. The average molecular weight is 176 g/mol. The van der Waals surface area contributed by atoms with Crippen LogP contribution in [0.25, 0.3) is 0 Å². The van der Waals surface area contributed by atoms with Gasteiger partial charge < -0.3 is 16.1 Å². The molecule has 0 amide bonds. The number of rotatable bonds is 4. The van der Waals surface area contributed by atoms with Crippen LogP contribution in [0.3, 0.4) is 0 Å². The van der Waals surface area contributed by atoms with Crippen LogP contribution >= 0.6 is 0 Å². The number of aliphatic hydroxyl groups excluding tert-OH is 1. The minimum Gasteiger partial charge on any atom is -0.395 e. The summed E-state index contributed by atoms with van der Waals surface area (Å²) in [5.41, 5.74) is 6.82. The number of nitrogens with two attached hydrogens (primary N) is 1. The van der Waals surface area contributed by atoms with Crippen molar-refractivity contribution in [3.63, 3.8) is 0 Å². The molecular weight excluding hydrogens is 163 g/mol. The molecule has 13 heavy (non-hydrogen) atoms. The first-order valence-electron chi connectivity index (χ1n) is 4.17. The van der Waals surface area contributed by atoms with Crippen molar-refractivity contribution in [2.24, 2.45) is 5.73 Å². The van der Waals surface area contributed by atoms with Crippen molar-refractivity contribution in [2.75, 3.05) is 6.61 Å². The predicted octanol–water partition coefficient (Wildman–Crippen LogP) is -0.280. The lowest BCUT2D eigenvalue weighted by Crippen LogP contribution is -2.40. The summed E-state index contributed by atoms with van der Waals surface area (Å²) in [6.07, 6.45) is 0. The zero-order valence-corrected chi connectivity index (χ0v) is 7.35. The zero-order chi connectivity index (χ0) is 9.68. The second-order valence-corrected chi connectivity index (χ2v) is 2.89. The molecule has 0 unspecified atom stereocenters. The molecule has 68 valence electrons. The van der Waals surface area contributed by atoms with Gasteiger partial charge >= 0.3 is 0 Å². The van der Waals surface area contributed by atoms with Gasteiger partial charge in [0.2, 0.25) is 0 Å². The fourth-order valence-corrected chi connectivity index (χ4v) is 1.18. The van der Waals surface area contributed by atoms with Gasteiger partial charge in [-0.15, -0.1) is 0 Å². The second-order valence-electron chi connectivity index (χ2n) is 2.89. The Balaban J connectivity index is 2.72. The molecule has 2 atom stereocenters. The van der Waals surface area contributed by atoms with E-state index in [9.17, 15) is 0 Å². The Bertz CT molecular complexity index is 239. The normalized spacial score (nSPS) is 15.2. The van der Waals surface area contributed by atoms with Crippen LogP contribution in [0.5, 0.6) is 0 Å². The first kappa shape index (κ1) is 10.2. The maximum absolute atomic E-state index is 8.94. The van der Waals surface area contributed by atoms with Crippen LogP contribution in [-0.2, 0) is 0 Å². The van der Waals surface area contributed by atoms with Crippen LogP contribution in [0.15, 0.2) is 30.3 Å². The van der Waals surface area contributed by atoms with E-state index >= 15 is 0 Å². The minimum atomic E-state index is -0.303. The van der Waals surface area contributed by atoms with Crippen molar-refractivity contribution in [3.8, 4) is 0 Å². The molecule has 3 nitrogen and oxygen atoms in total. The van der Waals surface area contributed by atoms with E-state index in [2.05, 4.69) is 5.23 Å². The van der Waals surface area contributed by atoms with Crippen molar-refractivity contribution < 1.29 is 5.11 Å². The zero-order valence-electron chi connectivity index (χ0n) is 7.35. The van der Waals surface area contributed by atoms with Crippen LogP contribution < -0.4 is 11.0 Å². The maximum atomic E-state index is 8.94. The van der Waals surface area contributed by atoms with Crippen molar-refractivity contribution in [1.29, 1.82) is 0 Å². The number of benzene rings is 1. The fourth-order valence-electron chi connectivity index (χ4n) is 1.18. The highest BCUT2D eigenvalue weighted by Gasteiger charge is 2.15. The molecule has 0 aliphatic rings. The van der Waals surface area contributed by atoms with E-state index in [0.29, 0.717) is 0 Å². The summed E-state index contributed by atoms with van der Waals surface area (Å²) in [4.78, 5) is 0. The standard InChI is InChI=1S/C9H13BN2O/c10-12-8(6-13)9(11)7-4-2-1-3-5-7/h1-5,8-9,12-13H,6,11H2/t8-,9+/m1/s1. The first-order valence-corrected chi connectivity index (χ1v) is 4.17. The lowest BCUT2D eigenvalue weighted by atomic mass is 9.99. The van der Waals surface area contributed by atoms with Gasteiger partial charge in [-0.3, -0.25) is 0 Å². The second kappa shape index (κ2) is 5.02. The summed E-state index contributed by atoms with van der Waals surface area (Å²) >= 11 is 0.